The van der Waals surface area contributed by atoms with Crippen molar-refractivity contribution >= 4 is 17.7 Å². The van der Waals surface area contributed by atoms with Gasteiger partial charge < -0.3 is 10.4 Å². The zero-order valence-corrected chi connectivity index (χ0v) is 8.82. The minimum Gasteiger partial charge on any atom is -0.480 e. The summed E-state index contributed by atoms with van der Waals surface area (Å²) in [4.78, 5) is 11.1. The van der Waals surface area contributed by atoms with Gasteiger partial charge in [0.25, 0.3) is 0 Å². The van der Waals surface area contributed by atoms with E-state index in [0.29, 0.717) is 5.75 Å². The lowest BCUT2D eigenvalue weighted by Gasteiger charge is -2.33. The number of carbonyl (C=O) groups is 1. The highest BCUT2D eigenvalue weighted by Crippen LogP contribution is 2.26. The van der Waals surface area contributed by atoms with Gasteiger partial charge in [-0.05, 0) is 31.6 Å². The van der Waals surface area contributed by atoms with E-state index in [4.69, 9.17) is 5.11 Å². The van der Waals surface area contributed by atoms with Crippen molar-refractivity contribution in [3.63, 3.8) is 0 Å². The van der Waals surface area contributed by atoms with Gasteiger partial charge in [0.15, 0.2) is 0 Å². The van der Waals surface area contributed by atoms with Crippen LogP contribution in [-0.2, 0) is 4.79 Å². The van der Waals surface area contributed by atoms with E-state index in [9.17, 15) is 4.79 Å². The second-order valence-electron chi connectivity index (χ2n) is 3.47. The Morgan fingerprint density at radius 3 is 2.92 bits per heavy atom. The monoisotopic (exact) mass is 203 g/mol. The normalized spacial score (nSPS) is 28.7. The molecule has 1 aliphatic heterocycles. The minimum absolute atomic E-state index is 0.640. The summed E-state index contributed by atoms with van der Waals surface area (Å²) in [6.45, 7) is 2.85. The molecule has 1 rings (SSSR count). The van der Waals surface area contributed by atoms with Gasteiger partial charge in [-0.3, -0.25) is 4.79 Å². The predicted octanol–water partition coefficient (Wildman–Crippen LogP) is 1.34. The first-order valence-electron chi connectivity index (χ1n) is 4.77. The zero-order valence-electron chi connectivity index (χ0n) is 8.01. The summed E-state index contributed by atoms with van der Waals surface area (Å²) < 4.78 is 0. The van der Waals surface area contributed by atoms with E-state index in [1.54, 1.807) is 11.8 Å². The number of carboxylic acid groups (broad SMARTS) is 1. The lowest BCUT2D eigenvalue weighted by atomic mass is 9.95. The van der Waals surface area contributed by atoms with Gasteiger partial charge in [-0.2, -0.15) is 11.8 Å². The summed E-state index contributed by atoms with van der Waals surface area (Å²) in [5.74, 6) is 1.12. The van der Waals surface area contributed by atoms with Gasteiger partial charge in [-0.25, -0.2) is 0 Å². The number of nitrogens with one attached hydrogen (secondary N) is 1. The van der Waals surface area contributed by atoms with Crippen LogP contribution in [0.5, 0.6) is 0 Å². The third-order valence-corrected chi connectivity index (χ3v) is 3.64. The van der Waals surface area contributed by atoms with Crippen LogP contribution < -0.4 is 5.32 Å². The van der Waals surface area contributed by atoms with Crippen LogP contribution in [0.15, 0.2) is 0 Å². The molecule has 0 bridgehead atoms. The molecule has 0 saturated carbocycles. The summed E-state index contributed by atoms with van der Waals surface area (Å²) in [6.07, 6.45) is 2.77. The lowest BCUT2D eigenvalue weighted by Crippen LogP contribution is -2.55. The van der Waals surface area contributed by atoms with Crippen molar-refractivity contribution in [3.05, 3.63) is 0 Å². The molecule has 1 unspecified atom stereocenters. The highest BCUT2D eigenvalue weighted by atomic mass is 32.2. The van der Waals surface area contributed by atoms with Crippen molar-refractivity contribution in [2.24, 2.45) is 0 Å². The topological polar surface area (TPSA) is 49.3 Å². The van der Waals surface area contributed by atoms with E-state index in [1.807, 2.05) is 0 Å². The fourth-order valence-corrected chi connectivity index (χ4v) is 2.75. The molecule has 0 spiro atoms. The number of hydrogen-bond acceptors (Lipinski definition) is 3. The van der Waals surface area contributed by atoms with Crippen molar-refractivity contribution in [3.8, 4) is 0 Å². The number of hydrogen-bond donors (Lipinski definition) is 2. The molecule has 1 fully saturated rings. The SMILES string of the molecule is CCCNC1(C(=O)O)CCCSC1. The van der Waals surface area contributed by atoms with Gasteiger partial charge in [0.1, 0.15) is 5.54 Å². The Kier molecular flexibility index (Phi) is 4.06. The molecule has 0 radical (unpaired) electrons. The van der Waals surface area contributed by atoms with Crippen LogP contribution in [0.1, 0.15) is 26.2 Å². The van der Waals surface area contributed by atoms with Gasteiger partial charge >= 0.3 is 5.97 Å². The third kappa shape index (κ3) is 2.61. The van der Waals surface area contributed by atoms with Gasteiger partial charge in [0.2, 0.25) is 0 Å². The molecule has 1 atom stereocenters. The second kappa shape index (κ2) is 4.86. The standard InChI is InChI=1S/C9H17NO2S/c1-2-5-10-9(8(11)12)4-3-6-13-7-9/h10H,2-7H2,1H3,(H,11,12). The summed E-state index contributed by atoms with van der Waals surface area (Å²) in [5, 5.41) is 12.3. The zero-order chi connectivity index (χ0) is 9.73. The van der Waals surface area contributed by atoms with E-state index in [2.05, 4.69) is 12.2 Å². The number of carboxylic acids is 1. The molecule has 76 valence electrons. The summed E-state index contributed by atoms with van der Waals surface area (Å²) in [5.41, 5.74) is -0.640. The molecular weight excluding hydrogens is 186 g/mol. The Morgan fingerprint density at radius 1 is 1.69 bits per heavy atom. The fraction of sp³-hybridized carbons (Fsp3) is 0.889. The summed E-state index contributed by atoms with van der Waals surface area (Å²) >= 11 is 1.74. The van der Waals surface area contributed by atoms with Gasteiger partial charge in [-0.1, -0.05) is 6.92 Å². The summed E-state index contributed by atoms with van der Waals surface area (Å²) in [7, 11) is 0. The van der Waals surface area contributed by atoms with Crippen molar-refractivity contribution < 1.29 is 9.90 Å². The Balaban J connectivity index is 2.56. The van der Waals surface area contributed by atoms with Crippen LogP contribution in [0.3, 0.4) is 0 Å². The van der Waals surface area contributed by atoms with Crippen LogP contribution in [0.4, 0.5) is 0 Å². The van der Waals surface area contributed by atoms with Crippen LogP contribution in [0, 0.1) is 0 Å². The van der Waals surface area contributed by atoms with E-state index in [0.717, 1.165) is 31.6 Å². The molecule has 4 heteroatoms. The van der Waals surface area contributed by atoms with Gasteiger partial charge in [0.05, 0.1) is 0 Å². The molecule has 2 N–H and O–H groups in total. The smallest absolute Gasteiger partial charge is 0.324 e. The largest absolute Gasteiger partial charge is 0.480 e. The minimum atomic E-state index is -0.687. The lowest BCUT2D eigenvalue weighted by molar-refractivity contribution is -0.144. The molecule has 1 heterocycles. The third-order valence-electron chi connectivity index (χ3n) is 2.36. The van der Waals surface area contributed by atoms with Gasteiger partial charge in [0, 0.05) is 5.75 Å². The van der Waals surface area contributed by atoms with Crippen LogP contribution in [-0.4, -0.2) is 34.7 Å². The van der Waals surface area contributed by atoms with Crippen molar-refractivity contribution in [1.29, 1.82) is 0 Å². The maximum absolute atomic E-state index is 11.1. The molecule has 13 heavy (non-hydrogen) atoms. The van der Waals surface area contributed by atoms with E-state index in [-0.39, 0.29) is 0 Å². The van der Waals surface area contributed by atoms with Crippen LogP contribution in [0.2, 0.25) is 0 Å². The van der Waals surface area contributed by atoms with Crippen molar-refractivity contribution in [1.82, 2.24) is 5.32 Å². The number of rotatable bonds is 4. The quantitative estimate of drug-likeness (QED) is 0.724. The first kappa shape index (κ1) is 10.9. The first-order chi connectivity index (χ1) is 6.21. The molecular formula is C9H17NO2S. The number of aliphatic carboxylic acids is 1. The fourth-order valence-electron chi connectivity index (χ4n) is 1.54. The van der Waals surface area contributed by atoms with Crippen LogP contribution >= 0.6 is 11.8 Å². The molecule has 0 aliphatic carbocycles. The van der Waals surface area contributed by atoms with Crippen LogP contribution in [0.25, 0.3) is 0 Å². The maximum Gasteiger partial charge on any atom is 0.324 e. The Labute approximate surface area is 83.3 Å². The Hall–Kier alpha value is -0.220. The van der Waals surface area contributed by atoms with E-state index < -0.39 is 11.5 Å². The number of thioether (sulfide) groups is 1. The first-order valence-corrected chi connectivity index (χ1v) is 5.93. The molecule has 0 aromatic carbocycles. The van der Waals surface area contributed by atoms with Crippen molar-refractivity contribution in [2.45, 2.75) is 31.7 Å². The second-order valence-corrected chi connectivity index (χ2v) is 4.58. The molecule has 0 aromatic rings. The highest BCUT2D eigenvalue weighted by Gasteiger charge is 2.39. The predicted molar refractivity (Wildman–Crippen MR) is 55.2 cm³/mol. The Morgan fingerprint density at radius 2 is 2.46 bits per heavy atom. The highest BCUT2D eigenvalue weighted by molar-refractivity contribution is 7.99. The molecule has 1 saturated heterocycles. The molecule has 1 aliphatic rings. The molecule has 0 aromatic heterocycles. The van der Waals surface area contributed by atoms with Crippen molar-refractivity contribution in [2.75, 3.05) is 18.1 Å². The average Bonchev–Trinajstić information content (AvgIpc) is 2.16. The molecule has 0 amide bonds. The van der Waals surface area contributed by atoms with E-state index in [1.165, 1.54) is 0 Å². The van der Waals surface area contributed by atoms with Gasteiger partial charge in [-0.15, -0.1) is 0 Å². The summed E-state index contributed by atoms with van der Waals surface area (Å²) in [6, 6.07) is 0. The molecule has 3 nitrogen and oxygen atoms in total. The van der Waals surface area contributed by atoms with E-state index >= 15 is 0 Å². The average molecular weight is 203 g/mol. The Bertz CT molecular complexity index is 178. The maximum atomic E-state index is 11.1.